The second-order valence-electron chi connectivity index (χ2n) is 9.09. The molecule has 3 heterocycles. The zero-order valence-electron chi connectivity index (χ0n) is 17.2. The normalized spacial score (nSPS) is 35.2. The number of allylic oxidation sites excluding steroid dienone is 8. The number of nitrogens with zero attached hydrogens (tertiary/aromatic N) is 1. The number of hydrogen-bond donors (Lipinski definition) is 1. The van der Waals surface area contributed by atoms with Gasteiger partial charge in [0, 0.05) is 5.56 Å². The summed E-state index contributed by atoms with van der Waals surface area (Å²) >= 11 is 0. The lowest BCUT2D eigenvalue weighted by Crippen LogP contribution is -2.75. The number of aliphatic imine (C=N–C) groups is 1. The van der Waals surface area contributed by atoms with Crippen molar-refractivity contribution in [3.63, 3.8) is 0 Å². The van der Waals surface area contributed by atoms with Gasteiger partial charge in [-0.05, 0) is 49.5 Å². The van der Waals surface area contributed by atoms with Crippen LogP contribution in [0, 0.1) is 5.41 Å². The van der Waals surface area contributed by atoms with E-state index in [4.69, 9.17) is 24.9 Å². The minimum Gasteiger partial charge on any atom is -0.486 e. The summed E-state index contributed by atoms with van der Waals surface area (Å²) in [4.78, 5) is 4.96. The summed E-state index contributed by atoms with van der Waals surface area (Å²) in [5, 5.41) is 0. The first-order chi connectivity index (χ1) is 14.6. The van der Waals surface area contributed by atoms with E-state index in [0.717, 1.165) is 35.3 Å². The van der Waals surface area contributed by atoms with Gasteiger partial charge in [-0.3, -0.25) is 0 Å². The summed E-state index contributed by atoms with van der Waals surface area (Å²) in [6, 6.07) is 6.74. The van der Waals surface area contributed by atoms with Crippen LogP contribution in [0.2, 0.25) is 0 Å². The molecular weight excluding hydrogens is 376 g/mol. The predicted octanol–water partition coefficient (Wildman–Crippen LogP) is 4.01. The van der Waals surface area contributed by atoms with Crippen molar-refractivity contribution >= 4 is 11.6 Å². The maximum absolute atomic E-state index is 6.74. The van der Waals surface area contributed by atoms with E-state index in [9.17, 15) is 0 Å². The molecular formula is C25H26N2O3. The van der Waals surface area contributed by atoms with Crippen LogP contribution >= 0.6 is 0 Å². The van der Waals surface area contributed by atoms with E-state index in [1.165, 1.54) is 12.0 Å². The Kier molecular flexibility index (Phi) is 3.67. The molecule has 3 spiro atoms. The van der Waals surface area contributed by atoms with Gasteiger partial charge < -0.3 is 19.9 Å². The van der Waals surface area contributed by atoms with E-state index in [2.05, 4.69) is 61.6 Å². The summed E-state index contributed by atoms with van der Waals surface area (Å²) in [6.45, 7) is 3.82. The van der Waals surface area contributed by atoms with Crippen molar-refractivity contribution in [1.82, 2.24) is 0 Å². The lowest BCUT2D eigenvalue weighted by Gasteiger charge is -2.66. The molecule has 5 nitrogen and oxygen atoms in total. The molecule has 0 radical (unpaired) electrons. The molecule has 5 heteroatoms. The maximum Gasteiger partial charge on any atom is 0.283 e. The van der Waals surface area contributed by atoms with Crippen molar-refractivity contribution < 1.29 is 14.2 Å². The summed E-state index contributed by atoms with van der Waals surface area (Å²) in [5.41, 5.74) is 9.63. The van der Waals surface area contributed by atoms with Crippen LogP contribution in [0.3, 0.4) is 0 Å². The van der Waals surface area contributed by atoms with E-state index in [0.29, 0.717) is 19.8 Å². The lowest BCUT2D eigenvalue weighted by atomic mass is 9.49. The Balaban J connectivity index is 1.54. The van der Waals surface area contributed by atoms with Crippen LogP contribution in [0.1, 0.15) is 37.3 Å². The maximum atomic E-state index is 6.74. The van der Waals surface area contributed by atoms with Crippen molar-refractivity contribution in [3.05, 3.63) is 71.4 Å². The van der Waals surface area contributed by atoms with E-state index in [1.54, 1.807) is 0 Å². The Morgan fingerprint density at radius 3 is 2.60 bits per heavy atom. The molecule has 5 aliphatic rings. The second-order valence-corrected chi connectivity index (χ2v) is 9.09. The first-order valence-corrected chi connectivity index (χ1v) is 10.7. The van der Waals surface area contributed by atoms with Gasteiger partial charge >= 0.3 is 0 Å². The van der Waals surface area contributed by atoms with Gasteiger partial charge in [0.2, 0.25) is 0 Å². The van der Waals surface area contributed by atoms with Crippen LogP contribution in [0.4, 0.5) is 0 Å². The Hall–Kier alpha value is -2.79. The molecule has 0 bridgehead atoms. The third-order valence-electron chi connectivity index (χ3n) is 7.56. The van der Waals surface area contributed by atoms with Crippen LogP contribution in [0.25, 0.3) is 5.57 Å². The molecule has 1 aromatic carbocycles. The van der Waals surface area contributed by atoms with Crippen LogP contribution in [0.5, 0.6) is 5.75 Å². The molecule has 1 atom stereocenters. The molecule has 154 valence electrons. The minimum atomic E-state index is -0.559. The smallest absolute Gasteiger partial charge is 0.283 e. The Labute approximate surface area is 176 Å². The van der Waals surface area contributed by atoms with Gasteiger partial charge in [0.25, 0.3) is 6.02 Å². The van der Waals surface area contributed by atoms with Crippen LogP contribution in [0.15, 0.2) is 65.2 Å². The fraction of sp³-hybridized carbons (Fsp3) is 0.400. The Morgan fingerprint density at radius 1 is 1.07 bits per heavy atom. The zero-order valence-corrected chi connectivity index (χ0v) is 17.2. The molecule has 0 amide bonds. The van der Waals surface area contributed by atoms with Gasteiger partial charge in [-0.25, -0.2) is 4.99 Å². The van der Waals surface area contributed by atoms with E-state index < -0.39 is 5.54 Å². The molecule has 1 saturated carbocycles. The van der Waals surface area contributed by atoms with Gasteiger partial charge in [0.15, 0.2) is 0 Å². The van der Waals surface area contributed by atoms with Crippen molar-refractivity contribution in [2.75, 3.05) is 19.8 Å². The number of hydrogen-bond acceptors (Lipinski definition) is 5. The molecule has 0 aromatic heterocycles. The molecule has 30 heavy (non-hydrogen) atoms. The summed E-state index contributed by atoms with van der Waals surface area (Å²) < 4.78 is 18.3. The quantitative estimate of drug-likeness (QED) is 0.771. The van der Waals surface area contributed by atoms with Crippen molar-refractivity contribution in [3.8, 4) is 5.75 Å². The van der Waals surface area contributed by atoms with Gasteiger partial charge in [0.05, 0.1) is 18.6 Å². The number of amidine groups is 1. The highest BCUT2D eigenvalue weighted by atomic mass is 16.5. The first-order valence-electron chi connectivity index (χ1n) is 10.7. The first kappa shape index (κ1) is 18.0. The molecule has 1 aromatic rings. The topological polar surface area (TPSA) is 66.1 Å². The average Bonchev–Trinajstić information content (AvgIpc) is 3.04. The molecule has 3 aliphatic heterocycles. The number of nitrogens with two attached hydrogens (primary N) is 1. The van der Waals surface area contributed by atoms with Gasteiger partial charge in [-0.1, -0.05) is 48.1 Å². The van der Waals surface area contributed by atoms with Crippen molar-refractivity contribution in [2.45, 2.75) is 37.3 Å². The SMILES string of the molecule is CC1=C/C(c2ccc3c(c2)C2(COC(N)=N2)C2(COC2)C2(CCC2)O3)=C\C=C\C=C\1. The molecule has 2 aliphatic carbocycles. The van der Waals surface area contributed by atoms with E-state index >= 15 is 0 Å². The average molecular weight is 402 g/mol. The lowest BCUT2D eigenvalue weighted by molar-refractivity contribution is -0.281. The summed E-state index contributed by atoms with van der Waals surface area (Å²) in [7, 11) is 0. The predicted molar refractivity (Wildman–Crippen MR) is 116 cm³/mol. The number of benzene rings is 1. The second kappa shape index (κ2) is 6.11. The van der Waals surface area contributed by atoms with Gasteiger partial charge in [0.1, 0.15) is 23.5 Å². The monoisotopic (exact) mass is 402 g/mol. The highest BCUT2D eigenvalue weighted by Crippen LogP contribution is 2.67. The molecule has 1 saturated heterocycles. The fourth-order valence-electron chi connectivity index (χ4n) is 5.72. The highest BCUT2D eigenvalue weighted by molar-refractivity contribution is 5.79. The molecule has 2 N–H and O–H groups in total. The third kappa shape index (κ3) is 2.19. The summed E-state index contributed by atoms with van der Waals surface area (Å²) in [5.74, 6) is 0.903. The zero-order chi connectivity index (χ0) is 20.4. The van der Waals surface area contributed by atoms with Gasteiger partial charge in [-0.15, -0.1) is 0 Å². The van der Waals surface area contributed by atoms with Crippen LogP contribution < -0.4 is 10.5 Å². The van der Waals surface area contributed by atoms with Crippen molar-refractivity contribution in [1.29, 1.82) is 0 Å². The largest absolute Gasteiger partial charge is 0.486 e. The van der Waals surface area contributed by atoms with Crippen molar-refractivity contribution in [2.24, 2.45) is 16.1 Å². The Bertz CT molecular complexity index is 1070. The molecule has 1 unspecified atom stereocenters. The van der Waals surface area contributed by atoms with E-state index in [-0.39, 0.29) is 17.0 Å². The van der Waals surface area contributed by atoms with Gasteiger partial charge in [-0.2, -0.15) is 0 Å². The minimum absolute atomic E-state index is 0.227. The molecule has 6 rings (SSSR count). The molecule has 2 fully saturated rings. The van der Waals surface area contributed by atoms with Crippen LogP contribution in [-0.2, 0) is 15.0 Å². The highest BCUT2D eigenvalue weighted by Gasteiger charge is 2.75. The van der Waals surface area contributed by atoms with E-state index in [1.807, 2.05) is 0 Å². The summed E-state index contributed by atoms with van der Waals surface area (Å²) in [6.07, 6.45) is 15.9. The van der Waals surface area contributed by atoms with Crippen LogP contribution in [-0.4, -0.2) is 31.4 Å². The number of fused-ring (bicyclic) bond motifs is 4. The Morgan fingerprint density at radius 2 is 1.93 bits per heavy atom. The third-order valence-corrected chi connectivity index (χ3v) is 7.56. The number of ether oxygens (including phenoxy) is 3. The fourth-order valence-corrected chi connectivity index (χ4v) is 5.72. The number of rotatable bonds is 1. The standard InChI is InChI=1S/C25H26N2O3/c1-17-6-3-2-4-7-18(12-17)19-8-9-21-20(13-19)25(16-29-22(26)27-25)23(14-28-15-23)24(30-21)10-5-11-24/h2-4,6-9,12-13H,5,10-11,14-16H2,1H3,(H2,26,27)/b3-2?,4-2+,6-3+,7-4?,17-6?,17-12-,18-7+,18-12?.